The smallest absolute Gasteiger partial charge is 0.146 e. The van der Waals surface area contributed by atoms with Crippen molar-refractivity contribution in [3.05, 3.63) is 40.9 Å². The monoisotopic (exact) mass is 326 g/mol. The molecule has 2 atom stereocenters. The third-order valence-corrected chi connectivity index (χ3v) is 4.45. The summed E-state index contributed by atoms with van der Waals surface area (Å²) in [6.45, 7) is 7.15. The van der Waals surface area contributed by atoms with E-state index >= 15 is 0 Å². The highest BCUT2D eigenvalue weighted by molar-refractivity contribution is 5.55. The van der Waals surface area contributed by atoms with Gasteiger partial charge in [-0.2, -0.15) is 5.26 Å². The minimum absolute atomic E-state index is 0.0356. The van der Waals surface area contributed by atoms with Crippen molar-refractivity contribution in [2.45, 2.75) is 39.2 Å². The molecule has 1 aliphatic rings. The maximum absolute atomic E-state index is 10.4. The summed E-state index contributed by atoms with van der Waals surface area (Å²) in [5.74, 6) is 1.77. The van der Waals surface area contributed by atoms with Crippen LogP contribution in [0.1, 0.15) is 42.5 Å². The molecule has 3 rings (SSSR count). The molecule has 3 heterocycles. The van der Waals surface area contributed by atoms with Gasteiger partial charge in [0.25, 0.3) is 0 Å². The number of nitrogens with zero attached hydrogens (tertiary/aromatic N) is 4. The molecule has 126 valence electrons. The number of pyridine rings is 1. The lowest BCUT2D eigenvalue weighted by atomic mass is 10.0. The first-order valence-corrected chi connectivity index (χ1v) is 8.24. The minimum Gasteiger partial charge on any atom is -0.391 e. The predicted molar refractivity (Wildman–Crippen MR) is 89.7 cm³/mol. The number of hydrogen-bond acceptors (Lipinski definition) is 6. The third-order valence-electron chi connectivity index (χ3n) is 4.45. The minimum atomic E-state index is -0.480. The molecule has 0 spiro atoms. The Balaban J connectivity index is 1.81. The van der Waals surface area contributed by atoms with E-state index in [1.54, 1.807) is 0 Å². The van der Waals surface area contributed by atoms with E-state index in [1.165, 1.54) is 0 Å². The van der Waals surface area contributed by atoms with Crippen LogP contribution in [0, 0.1) is 24.2 Å². The summed E-state index contributed by atoms with van der Waals surface area (Å²) in [6, 6.07) is 7.82. The van der Waals surface area contributed by atoms with E-state index in [0.29, 0.717) is 30.9 Å². The zero-order valence-electron chi connectivity index (χ0n) is 14.2. The molecule has 2 aromatic rings. The molecule has 2 aromatic heterocycles. The van der Waals surface area contributed by atoms with Crippen molar-refractivity contribution in [3.63, 3.8) is 0 Å². The van der Waals surface area contributed by atoms with Crippen LogP contribution in [0.4, 0.5) is 5.82 Å². The van der Waals surface area contributed by atoms with Crippen molar-refractivity contribution in [1.82, 2.24) is 10.1 Å². The molecule has 6 heteroatoms. The largest absolute Gasteiger partial charge is 0.391 e. The van der Waals surface area contributed by atoms with E-state index in [4.69, 9.17) is 4.52 Å². The number of rotatable bonds is 4. The van der Waals surface area contributed by atoms with Gasteiger partial charge in [-0.1, -0.05) is 19.0 Å². The molecule has 0 bridgehead atoms. The summed E-state index contributed by atoms with van der Waals surface area (Å²) in [5, 5.41) is 23.7. The molecule has 1 N–H and O–H groups in total. The molecule has 0 aromatic carbocycles. The number of hydrogen-bond donors (Lipinski definition) is 1. The van der Waals surface area contributed by atoms with Gasteiger partial charge in [-0.3, -0.25) is 0 Å². The molecule has 0 saturated carbocycles. The summed E-state index contributed by atoms with van der Waals surface area (Å²) in [4.78, 5) is 6.66. The lowest BCUT2D eigenvalue weighted by Crippen LogP contribution is -2.23. The van der Waals surface area contributed by atoms with Crippen LogP contribution < -0.4 is 4.90 Å². The summed E-state index contributed by atoms with van der Waals surface area (Å²) in [6.07, 6.45) is 0.149. The second kappa shape index (κ2) is 6.62. The van der Waals surface area contributed by atoms with E-state index in [2.05, 4.69) is 30.1 Å². The second-order valence-corrected chi connectivity index (χ2v) is 6.74. The Bertz CT molecular complexity index is 763. The van der Waals surface area contributed by atoms with E-state index in [-0.39, 0.29) is 11.8 Å². The summed E-state index contributed by atoms with van der Waals surface area (Å²) < 4.78 is 5.26. The van der Waals surface area contributed by atoms with Crippen molar-refractivity contribution in [2.24, 2.45) is 5.92 Å². The van der Waals surface area contributed by atoms with Gasteiger partial charge in [0.05, 0.1) is 17.4 Å². The molecule has 24 heavy (non-hydrogen) atoms. The Kier molecular flexibility index (Phi) is 4.54. The summed E-state index contributed by atoms with van der Waals surface area (Å²) in [5.41, 5.74) is 2.34. The Labute approximate surface area is 141 Å². The SMILES string of the molecule is Cc1cc(C[C@@H]2CN(c3nc(C(C)C)ccc3C#N)C[C@H]2O)on1. The fraction of sp³-hybridized carbons (Fsp3) is 0.500. The zero-order chi connectivity index (χ0) is 17.3. The first kappa shape index (κ1) is 16.5. The lowest BCUT2D eigenvalue weighted by molar-refractivity contribution is 0.143. The van der Waals surface area contributed by atoms with Crippen LogP contribution in [0.3, 0.4) is 0 Å². The summed E-state index contributed by atoms with van der Waals surface area (Å²) >= 11 is 0. The van der Waals surface area contributed by atoms with Crippen molar-refractivity contribution in [3.8, 4) is 6.07 Å². The molecular weight excluding hydrogens is 304 g/mol. The Hall–Kier alpha value is -2.39. The molecule has 0 radical (unpaired) electrons. The fourth-order valence-corrected chi connectivity index (χ4v) is 3.11. The summed E-state index contributed by atoms with van der Waals surface area (Å²) in [7, 11) is 0. The topological polar surface area (TPSA) is 86.2 Å². The Morgan fingerprint density at radius 1 is 1.42 bits per heavy atom. The Morgan fingerprint density at radius 2 is 2.21 bits per heavy atom. The highest BCUT2D eigenvalue weighted by Gasteiger charge is 2.34. The number of aromatic nitrogens is 2. The second-order valence-electron chi connectivity index (χ2n) is 6.74. The van der Waals surface area contributed by atoms with Crippen LogP contribution in [0.25, 0.3) is 0 Å². The van der Waals surface area contributed by atoms with E-state index < -0.39 is 6.10 Å². The fourth-order valence-electron chi connectivity index (χ4n) is 3.11. The van der Waals surface area contributed by atoms with Crippen LogP contribution in [-0.2, 0) is 6.42 Å². The predicted octanol–water partition coefficient (Wildman–Crippen LogP) is 2.41. The van der Waals surface area contributed by atoms with Crippen molar-refractivity contribution in [1.29, 1.82) is 5.26 Å². The molecule has 0 aliphatic carbocycles. The van der Waals surface area contributed by atoms with E-state index in [0.717, 1.165) is 17.1 Å². The van der Waals surface area contributed by atoms with Gasteiger partial charge >= 0.3 is 0 Å². The van der Waals surface area contributed by atoms with Gasteiger partial charge < -0.3 is 14.5 Å². The number of nitriles is 1. The molecule has 1 aliphatic heterocycles. The number of aryl methyl sites for hydroxylation is 1. The van der Waals surface area contributed by atoms with Gasteiger partial charge in [0.2, 0.25) is 0 Å². The number of β-amino-alcohol motifs (C(OH)–C–C–N with tert-alkyl or cyclic N) is 1. The first-order chi connectivity index (χ1) is 11.5. The first-order valence-electron chi connectivity index (χ1n) is 8.24. The van der Waals surface area contributed by atoms with Gasteiger partial charge in [0.1, 0.15) is 17.6 Å². The van der Waals surface area contributed by atoms with Crippen LogP contribution in [-0.4, -0.2) is 34.4 Å². The molecule has 1 fully saturated rings. The highest BCUT2D eigenvalue weighted by atomic mass is 16.5. The van der Waals surface area contributed by atoms with Crippen molar-refractivity contribution in [2.75, 3.05) is 18.0 Å². The molecule has 6 nitrogen and oxygen atoms in total. The van der Waals surface area contributed by atoms with Gasteiger partial charge in [0.15, 0.2) is 0 Å². The van der Waals surface area contributed by atoms with E-state index in [9.17, 15) is 10.4 Å². The standard InChI is InChI=1S/C18H22N4O2/c1-11(2)16-5-4-13(8-19)18(20-16)22-9-14(17(23)10-22)7-15-6-12(3)21-24-15/h4-6,11,14,17,23H,7,9-10H2,1-3H3/t14-,17-/m1/s1. The van der Waals surface area contributed by atoms with Gasteiger partial charge in [-0.25, -0.2) is 4.98 Å². The molecule has 0 amide bonds. The van der Waals surface area contributed by atoms with Crippen LogP contribution >= 0.6 is 0 Å². The van der Waals surface area contributed by atoms with Gasteiger partial charge in [-0.15, -0.1) is 0 Å². The average molecular weight is 326 g/mol. The van der Waals surface area contributed by atoms with Gasteiger partial charge in [0, 0.05) is 37.2 Å². The van der Waals surface area contributed by atoms with Gasteiger partial charge in [-0.05, 0) is 25.0 Å². The van der Waals surface area contributed by atoms with Crippen molar-refractivity contribution < 1.29 is 9.63 Å². The maximum atomic E-state index is 10.4. The number of anilines is 1. The van der Waals surface area contributed by atoms with Crippen molar-refractivity contribution >= 4 is 5.82 Å². The average Bonchev–Trinajstić information content (AvgIpc) is 3.13. The van der Waals surface area contributed by atoms with Crippen LogP contribution in [0.5, 0.6) is 0 Å². The number of aliphatic hydroxyl groups is 1. The quantitative estimate of drug-likeness (QED) is 0.928. The molecular formula is C18H22N4O2. The Morgan fingerprint density at radius 3 is 2.83 bits per heavy atom. The van der Waals surface area contributed by atoms with E-state index in [1.807, 2.05) is 30.0 Å². The third kappa shape index (κ3) is 3.26. The molecule has 0 unspecified atom stereocenters. The normalized spacial score (nSPS) is 20.6. The lowest BCUT2D eigenvalue weighted by Gasteiger charge is -2.20. The van der Waals surface area contributed by atoms with Crippen LogP contribution in [0.15, 0.2) is 22.7 Å². The maximum Gasteiger partial charge on any atom is 0.146 e. The molecule has 1 saturated heterocycles. The van der Waals surface area contributed by atoms with Crippen LogP contribution in [0.2, 0.25) is 0 Å². The zero-order valence-corrected chi connectivity index (χ0v) is 14.2. The highest BCUT2D eigenvalue weighted by Crippen LogP contribution is 2.29. The number of aliphatic hydroxyl groups excluding tert-OH is 1.